The van der Waals surface area contributed by atoms with Crippen molar-refractivity contribution in [1.29, 1.82) is 0 Å². The van der Waals surface area contributed by atoms with Crippen LogP contribution in [0, 0.1) is 0 Å². The van der Waals surface area contributed by atoms with Gasteiger partial charge in [0.2, 0.25) is 11.8 Å². The zero-order valence-electron chi connectivity index (χ0n) is 24.9. The molecule has 226 valence electrons. The smallest absolute Gasteiger partial charge is 0.264 e. The summed E-state index contributed by atoms with van der Waals surface area (Å²) in [6.07, 6.45) is 1.90. The first-order valence-electron chi connectivity index (χ1n) is 13.6. The molecule has 0 radical (unpaired) electrons. The Balaban J connectivity index is 2.09. The largest absolute Gasteiger partial charge is 0.497 e. The summed E-state index contributed by atoms with van der Waals surface area (Å²) in [6, 6.07) is 19.3. The fourth-order valence-electron chi connectivity index (χ4n) is 4.28. The van der Waals surface area contributed by atoms with E-state index in [0.717, 1.165) is 14.8 Å². The zero-order chi connectivity index (χ0) is 30.9. The lowest BCUT2D eigenvalue weighted by Crippen LogP contribution is -2.52. The van der Waals surface area contributed by atoms with E-state index in [1.807, 2.05) is 26.2 Å². The van der Waals surface area contributed by atoms with Gasteiger partial charge >= 0.3 is 0 Å². The lowest BCUT2D eigenvalue weighted by molar-refractivity contribution is -0.139. The van der Waals surface area contributed by atoms with Crippen LogP contribution in [0.15, 0.2) is 82.6 Å². The molecule has 42 heavy (non-hydrogen) atoms. The fraction of sp³-hybridized carbons (Fsp3) is 0.355. The normalized spacial score (nSPS) is 12.0. The summed E-state index contributed by atoms with van der Waals surface area (Å²) >= 11 is 1.49. The number of carbonyl (C=O) groups is 2. The van der Waals surface area contributed by atoms with Crippen LogP contribution >= 0.6 is 11.8 Å². The highest BCUT2D eigenvalue weighted by atomic mass is 32.2. The molecule has 0 bridgehead atoms. The third-order valence-electron chi connectivity index (χ3n) is 6.45. The Morgan fingerprint density at radius 2 is 1.67 bits per heavy atom. The Kier molecular flexibility index (Phi) is 11.7. The summed E-state index contributed by atoms with van der Waals surface area (Å²) in [7, 11) is -2.67. The Hall–Kier alpha value is -3.70. The first kappa shape index (κ1) is 32.8. The third-order valence-corrected chi connectivity index (χ3v) is 8.96. The molecule has 11 heteroatoms. The van der Waals surface area contributed by atoms with Crippen LogP contribution < -0.4 is 19.1 Å². The molecule has 0 fully saturated rings. The van der Waals surface area contributed by atoms with Crippen LogP contribution in [0.4, 0.5) is 5.69 Å². The van der Waals surface area contributed by atoms with Crippen molar-refractivity contribution in [3.05, 3.63) is 78.4 Å². The van der Waals surface area contributed by atoms with Crippen LogP contribution in [0.5, 0.6) is 11.5 Å². The first-order chi connectivity index (χ1) is 20.0. The van der Waals surface area contributed by atoms with Crippen molar-refractivity contribution in [1.82, 2.24) is 10.2 Å². The molecule has 1 N–H and O–H groups in total. The number of rotatable bonds is 14. The summed E-state index contributed by atoms with van der Waals surface area (Å²) in [4.78, 5) is 29.6. The second kappa shape index (κ2) is 15.0. The maximum absolute atomic E-state index is 14.1. The Bertz CT molecular complexity index is 1460. The SMILES string of the molecule is CCOc1ccccc1N(CC(=O)N(Cc1cccc(OC)c1)[C@H](C)C(=O)NC(C)C)S(=O)(=O)c1ccc(SC)cc1. The van der Waals surface area contributed by atoms with Gasteiger partial charge in [-0.25, -0.2) is 8.42 Å². The predicted molar refractivity (Wildman–Crippen MR) is 167 cm³/mol. The second-order valence-electron chi connectivity index (χ2n) is 9.80. The van der Waals surface area contributed by atoms with Gasteiger partial charge in [0.05, 0.1) is 24.3 Å². The second-order valence-corrected chi connectivity index (χ2v) is 12.5. The molecular formula is C31H39N3O6S2. The number of benzene rings is 3. The molecule has 0 saturated heterocycles. The summed E-state index contributed by atoms with van der Waals surface area (Å²) in [5.74, 6) is 0.0163. The fourth-order valence-corrected chi connectivity index (χ4v) is 6.12. The van der Waals surface area contributed by atoms with Crippen molar-refractivity contribution < 1.29 is 27.5 Å². The van der Waals surface area contributed by atoms with E-state index in [-0.39, 0.29) is 29.1 Å². The quantitative estimate of drug-likeness (QED) is 0.257. The summed E-state index contributed by atoms with van der Waals surface area (Å²) in [5.41, 5.74) is 0.950. The maximum Gasteiger partial charge on any atom is 0.264 e. The van der Waals surface area contributed by atoms with E-state index in [1.54, 1.807) is 75.6 Å². The molecular weight excluding hydrogens is 574 g/mol. The Labute approximate surface area is 253 Å². The minimum absolute atomic E-state index is 0.0318. The van der Waals surface area contributed by atoms with Gasteiger partial charge in [-0.2, -0.15) is 0 Å². The van der Waals surface area contributed by atoms with E-state index in [0.29, 0.717) is 18.1 Å². The van der Waals surface area contributed by atoms with Crippen molar-refractivity contribution in [2.75, 3.05) is 30.8 Å². The highest BCUT2D eigenvalue weighted by molar-refractivity contribution is 7.98. The molecule has 3 rings (SSSR count). The van der Waals surface area contributed by atoms with Gasteiger partial charge in [-0.1, -0.05) is 24.3 Å². The van der Waals surface area contributed by atoms with Gasteiger partial charge in [0.25, 0.3) is 10.0 Å². The predicted octanol–water partition coefficient (Wildman–Crippen LogP) is 4.95. The number of carbonyl (C=O) groups excluding carboxylic acids is 2. The van der Waals surface area contributed by atoms with Crippen LogP contribution in [-0.2, 0) is 26.2 Å². The molecule has 0 aliphatic rings. The van der Waals surface area contributed by atoms with Gasteiger partial charge < -0.3 is 19.7 Å². The first-order valence-corrected chi connectivity index (χ1v) is 16.3. The van der Waals surface area contributed by atoms with Crippen LogP contribution in [0.25, 0.3) is 0 Å². The van der Waals surface area contributed by atoms with Gasteiger partial charge in [-0.3, -0.25) is 13.9 Å². The maximum atomic E-state index is 14.1. The molecule has 9 nitrogen and oxygen atoms in total. The van der Waals surface area contributed by atoms with Crippen LogP contribution in [0.2, 0.25) is 0 Å². The van der Waals surface area contributed by atoms with Gasteiger partial charge in [0, 0.05) is 17.5 Å². The van der Waals surface area contributed by atoms with Crippen LogP contribution in [0.1, 0.15) is 33.3 Å². The highest BCUT2D eigenvalue weighted by Crippen LogP contribution is 2.33. The van der Waals surface area contributed by atoms with Crippen molar-refractivity contribution in [3.63, 3.8) is 0 Å². The average Bonchev–Trinajstić information content (AvgIpc) is 2.98. The number of para-hydroxylation sites is 2. The molecule has 0 heterocycles. The van der Waals surface area contributed by atoms with E-state index in [9.17, 15) is 18.0 Å². The number of sulfonamides is 1. The van der Waals surface area contributed by atoms with E-state index >= 15 is 0 Å². The minimum atomic E-state index is -4.22. The molecule has 0 aliphatic carbocycles. The number of amides is 2. The van der Waals surface area contributed by atoms with Crippen molar-refractivity contribution >= 4 is 39.3 Å². The molecule has 3 aromatic carbocycles. The molecule has 0 unspecified atom stereocenters. The van der Waals surface area contributed by atoms with Gasteiger partial charge in [0.15, 0.2) is 0 Å². The highest BCUT2D eigenvalue weighted by Gasteiger charge is 2.34. The Morgan fingerprint density at radius 3 is 2.29 bits per heavy atom. The van der Waals surface area contributed by atoms with Crippen LogP contribution in [0.3, 0.4) is 0 Å². The number of nitrogens with zero attached hydrogens (tertiary/aromatic N) is 2. The Morgan fingerprint density at radius 1 is 0.976 bits per heavy atom. The van der Waals surface area contributed by atoms with Crippen molar-refractivity contribution in [2.45, 2.75) is 56.1 Å². The van der Waals surface area contributed by atoms with Gasteiger partial charge in [-0.05, 0) is 88.0 Å². The molecule has 3 aromatic rings. The lowest BCUT2D eigenvalue weighted by atomic mass is 10.1. The molecule has 1 atom stereocenters. The van der Waals surface area contributed by atoms with E-state index in [2.05, 4.69) is 5.32 Å². The summed E-state index contributed by atoms with van der Waals surface area (Å²) in [5, 5.41) is 2.85. The third kappa shape index (κ3) is 8.19. The standard InChI is InChI=1S/C31H39N3O6S2/c1-7-40-29-14-9-8-13-28(29)34(42(37,38)27-17-15-26(41-6)16-18-27)21-30(35)33(23(4)31(36)32-22(2)3)20-24-11-10-12-25(19-24)39-5/h8-19,22-23H,7,20-21H2,1-6H3,(H,32,36)/t23-/m1/s1. The van der Waals surface area contributed by atoms with Crippen LogP contribution in [-0.4, -0.2) is 63.7 Å². The van der Waals surface area contributed by atoms with E-state index < -0.39 is 28.5 Å². The lowest BCUT2D eigenvalue weighted by Gasteiger charge is -2.32. The number of thioether (sulfide) groups is 1. The summed E-state index contributed by atoms with van der Waals surface area (Å²) in [6.45, 7) is 6.90. The number of anilines is 1. The topological polar surface area (TPSA) is 105 Å². The average molecular weight is 614 g/mol. The molecule has 2 amide bonds. The van der Waals surface area contributed by atoms with Gasteiger partial charge in [0.1, 0.15) is 24.1 Å². The zero-order valence-corrected chi connectivity index (χ0v) is 26.5. The minimum Gasteiger partial charge on any atom is -0.497 e. The number of nitrogens with one attached hydrogen (secondary N) is 1. The van der Waals surface area contributed by atoms with Gasteiger partial charge in [-0.15, -0.1) is 11.8 Å². The van der Waals surface area contributed by atoms with Crippen molar-refractivity contribution in [3.8, 4) is 11.5 Å². The molecule has 0 saturated carbocycles. The number of ether oxygens (including phenoxy) is 2. The van der Waals surface area contributed by atoms with E-state index in [1.165, 1.54) is 28.8 Å². The van der Waals surface area contributed by atoms with Crippen molar-refractivity contribution in [2.24, 2.45) is 0 Å². The molecule has 0 aromatic heterocycles. The monoisotopic (exact) mass is 613 g/mol. The number of hydrogen-bond acceptors (Lipinski definition) is 7. The number of methoxy groups -OCH3 is 1. The number of hydrogen-bond donors (Lipinski definition) is 1. The molecule has 0 aliphatic heterocycles. The van der Waals surface area contributed by atoms with E-state index in [4.69, 9.17) is 9.47 Å². The molecule has 0 spiro atoms. The summed E-state index contributed by atoms with van der Waals surface area (Å²) < 4.78 is 40.4.